The third kappa shape index (κ3) is 5.47. The van der Waals surface area contributed by atoms with Gasteiger partial charge in [0.25, 0.3) is 0 Å². The van der Waals surface area contributed by atoms with Crippen LogP contribution in [0.1, 0.15) is 36.0 Å². The van der Waals surface area contributed by atoms with Crippen molar-refractivity contribution >= 4 is 35.0 Å². The average molecular weight is 405 g/mol. The predicted molar refractivity (Wildman–Crippen MR) is 108 cm³/mol. The lowest BCUT2D eigenvalue weighted by Crippen LogP contribution is -2.27. The number of nitrogens with one attached hydrogen (secondary N) is 1. The SMILES string of the molecule is O=C(CCc1ccc(Cl)c(Cl)c1)NCc1ccccc1CN1CCCC1=O. The second-order valence-electron chi connectivity index (χ2n) is 6.71. The summed E-state index contributed by atoms with van der Waals surface area (Å²) in [6.45, 7) is 1.87. The molecule has 142 valence electrons. The molecule has 0 bridgehead atoms. The second-order valence-corrected chi connectivity index (χ2v) is 7.53. The van der Waals surface area contributed by atoms with Gasteiger partial charge in [0.1, 0.15) is 0 Å². The van der Waals surface area contributed by atoms with Crippen molar-refractivity contribution in [1.82, 2.24) is 10.2 Å². The van der Waals surface area contributed by atoms with E-state index in [9.17, 15) is 9.59 Å². The van der Waals surface area contributed by atoms with Crippen molar-refractivity contribution in [2.75, 3.05) is 6.54 Å². The normalized spacial score (nSPS) is 13.9. The number of halogens is 2. The fourth-order valence-electron chi connectivity index (χ4n) is 3.20. The summed E-state index contributed by atoms with van der Waals surface area (Å²) in [7, 11) is 0. The number of aryl methyl sites for hydroxylation is 1. The van der Waals surface area contributed by atoms with E-state index in [4.69, 9.17) is 23.2 Å². The summed E-state index contributed by atoms with van der Waals surface area (Å²) in [4.78, 5) is 26.0. The first kappa shape index (κ1) is 19.7. The lowest BCUT2D eigenvalue weighted by molar-refractivity contribution is -0.128. The van der Waals surface area contributed by atoms with Gasteiger partial charge in [-0.3, -0.25) is 9.59 Å². The zero-order valence-electron chi connectivity index (χ0n) is 15.0. The number of likely N-dealkylation sites (tertiary alicyclic amines) is 1. The van der Waals surface area contributed by atoms with Gasteiger partial charge >= 0.3 is 0 Å². The standard InChI is InChI=1S/C21H22Cl2N2O2/c22-18-9-7-15(12-19(18)23)8-10-20(26)24-13-16-4-1-2-5-17(16)14-25-11-3-6-21(25)27/h1-2,4-5,7,9,12H,3,6,8,10-11,13-14H2,(H,24,26). The summed E-state index contributed by atoms with van der Waals surface area (Å²) in [5.41, 5.74) is 3.10. The van der Waals surface area contributed by atoms with Crippen molar-refractivity contribution in [2.45, 2.75) is 38.8 Å². The van der Waals surface area contributed by atoms with Crippen LogP contribution in [-0.2, 0) is 29.1 Å². The van der Waals surface area contributed by atoms with Crippen LogP contribution in [0.5, 0.6) is 0 Å². The molecule has 1 heterocycles. The monoisotopic (exact) mass is 404 g/mol. The number of hydrogen-bond acceptors (Lipinski definition) is 2. The Morgan fingerprint density at radius 2 is 1.85 bits per heavy atom. The highest BCUT2D eigenvalue weighted by Gasteiger charge is 2.20. The Morgan fingerprint density at radius 3 is 2.56 bits per heavy atom. The summed E-state index contributed by atoms with van der Waals surface area (Å²) in [6.07, 6.45) is 2.54. The van der Waals surface area contributed by atoms with E-state index in [1.165, 1.54) is 0 Å². The molecule has 0 aromatic heterocycles. The van der Waals surface area contributed by atoms with Crippen LogP contribution >= 0.6 is 23.2 Å². The van der Waals surface area contributed by atoms with Gasteiger partial charge < -0.3 is 10.2 Å². The lowest BCUT2D eigenvalue weighted by Gasteiger charge is -2.18. The van der Waals surface area contributed by atoms with Gasteiger partial charge in [-0.05, 0) is 41.7 Å². The largest absolute Gasteiger partial charge is 0.352 e. The smallest absolute Gasteiger partial charge is 0.222 e. The molecule has 0 saturated carbocycles. The Hall–Kier alpha value is -2.04. The molecule has 2 amide bonds. The van der Waals surface area contributed by atoms with Crippen molar-refractivity contribution < 1.29 is 9.59 Å². The van der Waals surface area contributed by atoms with E-state index in [0.29, 0.717) is 42.4 Å². The van der Waals surface area contributed by atoms with E-state index in [1.54, 1.807) is 12.1 Å². The van der Waals surface area contributed by atoms with E-state index < -0.39 is 0 Å². The molecule has 27 heavy (non-hydrogen) atoms. The maximum absolute atomic E-state index is 12.2. The molecule has 1 fully saturated rings. The highest BCUT2D eigenvalue weighted by atomic mass is 35.5. The summed E-state index contributed by atoms with van der Waals surface area (Å²) < 4.78 is 0. The van der Waals surface area contributed by atoms with E-state index in [1.807, 2.05) is 35.2 Å². The van der Waals surface area contributed by atoms with E-state index in [0.717, 1.165) is 29.7 Å². The van der Waals surface area contributed by atoms with Crippen LogP contribution in [0.2, 0.25) is 10.0 Å². The van der Waals surface area contributed by atoms with Crippen LogP contribution in [0.4, 0.5) is 0 Å². The number of carbonyl (C=O) groups excluding carboxylic acids is 2. The molecule has 6 heteroatoms. The van der Waals surface area contributed by atoms with Gasteiger partial charge in [0, 0.05) is 32.5 Å². The van der Waals surface area contributed by atoms with Crippen LogP contribution in [0.15, 0.2) is 42.5 Å². The maximum Gasteiger partial charge on any atom is 0.222 e. The van der Waals surface area contributed by atoms with Gasteiger partial charge in [0.05, 0.1) is 10.0 Å². The van der Waals surface area contributed by atoms with Gasteiger partial charge in [-0.15, -0.1) is 0 Å². The van der Waals surface area contributed by atoms with Crippen molar-refractivity contribution in [2.24, 2.45) is 0 Å². The van der Waals surface area contributed by atoms with Crippen molar-refractivity contribution in [3.63, 3.8) is 0 Å². The minimum absolute atomic E-state index is 0.0203. The van der Waals surface area contributed by atoms with Crippen molar-refractivity contribution in [3.05, 3.63) is 69.2 Å². The first-order valence-electron chi connectivity index (χ1n) is 9.08. The molecule has 3 rings (SSSR count). The van der Waals surface area contributed by atoms with Crippen molar-refractivity contribution in [1.29, 1.82) is 0 Å². The number of benzene rings is 2. The Labute approximate surface area is 169 Å². The summed E-state index contributed by atoms with van der Waals surface area (Å²) in [5, 5.41) is 3.98. The molecule has 2 aromatic carbocycles. The quantitative estimate of drug-likeness (QED) is 0.744. The molecule has 0 radical (unpaired) electrons. The number of hydrogen-bond donors (Lipinski definition) is 1. The third-order valence-electron chi connectivity index (χ3n) is 4.75. The first-order valence-corrected chi connectivity index (χ1v) is 9.83. The second kappa shape index (κ2) is 9.25. The highest BCUT2D eigenvalue weighted by molar-refractivity contribution is 6.42. The van der Waals surface area contributed by atoms with E-state index in [-0.39, 0.29) is 11.8 Å². The number of nitrogens with zero attached hydrogens (tertiary/aromatic N) is 1. The van der Waals surface area contributed by atoms with Gasteiger partial charge in [-0.25, -0.2) is 0 Å². The number of rotatable bonds is 7. The zero-order chi connectivity index (χ0) is 19.2. The number of carbonyl (C=O) groups is 2. The molecule has 0 spiro atoms. The summed E-state index contributed by atoms with van der Waals surface area (Å²) >= 11 is 11.9. The molecule has 0 aliphatic carbocycles. The summed E-state index contributed by atoms with van der Waals surface area (Å²) in [6, 6.07) is 13.3. The van der Waals surface area contributed by atoms with Crippen LogP contribution in [0.3, 0.4) is 0 Å². The average Bonchev–Trinajstić information content (AvgIpc) is 3.06. The van der Waals surface area contributed by atoms with Gasteiger partial charge in [0.2, 0.25) is 11.8 Å². The topological polar surface area (TPSA) is 49.4 Å². The van der Waals surface area contributed by atoms with E-state index in [2.05, 4.69) is 5.32 Å². The molecule has 1 saturated heterocycles. The highest BCUT2D eigenvalue weighted by Crippen LogP contribution is 2.23. The molecule has 2 aromatic rings. The molecule has 0 atom stereocenters. The molecule has 4 nitrogen and oxygen atoms in total. The van der Waals surface area contributed by atoms with Gasteiger partial charge in [-0.1, -0.05) is 53.5 Å². The zero-order valence-corrected chi connectivity index (χ0v) is 16.5. The van der Waals surface area contributed by atoms with Crippen LogP contribution in [0.25, 0.3) is 0 Å². The first-order chi connectivity index (χ1) is 13.0. The van der Waals surface area contributed by atoms with Crippen molar-refractivity contribution in [3.8, 4) is 0 Å². The Balaban J connectivity index is 1.52. The summed E-state index contributed by atoms with van der Waals surface area (Å²) in [5.74, 6) is 0.184. The molecule has 1 N–H and O–H groups in total. The van der Waals surface area contributed by atoms with Crippen LogP contribution in [0, 0.1) is 0 Å². The minimum atomic E-state index is -0.0203. The van der Waals surface area contributed by atoms with E-state index >= 15 is 0 Å². The molecular weight excluding hydrogens is 383 g/mol. The fraction of sp³-hybridized carbons (Fsp3) is 0.333. The van der Waals surface area contributed by atoms with Crippen LogP contribution < -0.4 is 5.32 Å². The molecular formula is C21H22Cl2N2O2. The Bertz CT molecular complexity index is 839. The predicted octanol–water partition coefficient (Wildman–Crippen LogP) is 4.36. The van der Waals surface area contributed by atoms with Gasteiger partial charge in [-0.2, -0.15) is 0 Å². The Kier molecular flexibility index (Phi) is 6.75. The minimum Gasteiger partial charge on any atom is -0.352 e. The maximum atomic E-state index is 12.2. The molecule has 1 aliphatic heterocycles. The molecule has 1 aliphatic rings. The molecule has 0 unspecified atom stereocenters. The lowest BCUT2D eigenvalue weighted by atomic mass is 10.1. The van der Waals surface area contributed by atoms with Gasteiger partial charge in [0.15, 0.2) is 0 Å². The third-order valence-corrected chi connectivity index (χ3v) is 5.49. The van der Waals surface area contributed by atoms with Crippen LogP contribution in [-0.4, -0.2) is 23.3 Å². The fourth-order valence-corrected chi connectivity index (χ4v) is 3.52. The Morgan fingerprint density at radius 1 is 1.07 bits per heavy atom. The number of amides is 2.